The highest BCUT2D eigenvalue weighted by molar-refractivity contribution is 7.89. The molecule has 10 nitrogen and oxygen atoms in total. The highest BCUT2D eigenvalue weighted by Gasteiger charge is 2.68. The molecule has 2 heterocycles. The Bertz CT molecular complexity index is 1440. The van der Waals surface area contributed by atoms with E-state index in [4.69, 9.17) is 4.74 Å². The van der Waals surface area contributed by atoms with Gasteiger partial charge in [-0.05, 0) is 66.5 Å². The minimum absolute atomic E-state index is 0.00272. The molecule has 3 aliphatic rings. The average molecular weight is 533 g/mol. The molecule has 1 aromatic heterocycles. The monoisotopic (exact) mass is 532 g/mol. The number of carbonyl (C=O) groups excluding carboxylic acids is 1. The smallest absolute Gasteiger partial charge is 0.326 e. The van der Waals surface area contributed by atoms with Gasteiger partial charge in [-0.25, -0.2) is 17.9 Å². The van der Waals surface area contributed by atoms with Gasteiger partial charge in [-0.3, -0.25) is 14.6 Å². The molecule has 1 aromatic carbocycles. The molecule has 1 amide bonds. The number of aromatic nitrogens is 2. The van der Waals surface area contributed by atoms with Crippen molar-refractivity contribution in [3.05, 3.63) is 39.0 Å². The van der Waals surface area contributed by atoms with Crippen molar-refractivity contribution in [1.82, 2.24) is 20.0 Å². The Morgan fingerprint density at radius 1 is 1.22 bits per heavy atom. The van der Waals surface area contributed by atoms with Crippen molar-refractivity contribution < 1.29 is 17.9 Å². The van der Waals surface area contributed by atoms with E-state index in [1.54, 1.807) is 0 Å². The van der Waals surface area contributed by atoms with Crippen LogP contribution in [0.25, 0.3) is 10.9 Å². The van der Waals surface area contributed by atoms with Gasteiger partial charge in [0.1, 0.15) is 0 Å². The molecule has 37 heavy (non-hydrogen) atoms. The van der Waals surface area contributed by atoms with Gasteiger partial charge in [-0.2, -0.15) is 0 Å². The predicted molar refractivity (Wildman–Crippen MR) is 139 cm³/mol. The zero-order valence-corrected chi connectivity index (χ0v) is 22.5. The third kappa shape index (κ3) is 4.34. The maximum absolute atomic E-state index is 13.0. The molecule has 2 aliphatic carbocycles. The summed E-state index contributed by atoms with van der Waals surface area (Å²) in [7, 11) is -3.88. The van der Waals surface area contributed by atoms with Gasteiger partial charge in [0.15, 0.2) is 0 Å². The number of amides is 1. The van der Waals surface area contributed by atoms with Crippen LogP contribution in [0, 0.1) is 28.6 Å². The summed E-state index contributed by atoms with van der Waals surface area (Å²) in [6, 6.07) is 4.12. The number of hydrogen-bond donors (Lipinski definition) is 4. The molecule has 1 aliphatic heterocycles. The summed E-state index contributed by atoms with van der Waals surface area (Å²) >= 11 is 0. The van der Waals surface area contributed by atoms with Crippen molar-refractivity contribution in [2.45, 2.75) is 70.4 Å². The maximum atomic E-state index is 13.0. The quantitative estimate of drug-likeness (QED) is 0.428. The summed E-state index contributed by atoms with van der Waals surface area (Å²) in [6.07, 6.45) is 3.40. The number of fused-ring (bicyclic) bond motifs is 2. The third-order valence-corrected chi connectivity index (χ3v) is 10.6. The van der Waals surface area contributed by atoms with Crippen LogP contribution in [-0.2, 0) is 19.6 Å². The molecular formula is C26H36N4O6S. The van der Waals surface area contributed by atoms with E-state index in [1.807, 2.05) is 13.8 Å². The molecule has 11 heteroatoms. The topological polar surface area (TPSA) is 150 Å². The van der Waals surface area contributed by atoms with Gasteiger partial charge in [0, 0.05) is 25.1 Å². The first kappa shape index (κ1) is 26.1. The van der Waals surface area contributed by atoms with Crippen molar-refractivity contribution in [3.8, 4) is 0 Å². The van der Waals surface area contributed by atoms with Gasteiger partial charge in [0.05, 0.1) is 21.9 Å². The lowest BCUT2D eigenvalue weighted by Gasteiger charge is -2.53. The fraction of sp³-hybridized carbons (Fsp3) is 0.654. The Kier molecular flexibility index (Phi) is 6.39. The fourth-order valence-corrected chi connectivity index (χ4v) is 8.31. The van der Waals surface area contributed by atoms with E-state index in [-0.39, 0.29) is 63.1 Å². The Hall–Kier alpha value is -2.50. The first-order chi connectivity index (χ1) is 17.3. The summed E-state index contributed by atoms with van der Waals surface area (Å²) in [5.41, 5.74) is -1.05. The number of benzene rings is 1. The second-order valence-electron chi connectivity index (χ2n) is 11.9. The van der Waals surface area contributed by atoms with Crippen LogP contribution in [0.5, 0.6) is 0 Å². The molecule has 1 unspecified atom stereocenters. The lowest BCUT2D eigenvalue weighted by atomic mass is 9.59. The third-order valence-electron chi connectivity index (χ3n) is 9.18. The normalized spacial score (nSPS) is 30.5. The molecule has 0 radical (unpaired) electrons. The summed E-state index contributed by atoms with van der Waals surface area (Å²) in [5.74, 6) is 0.740. The van der Waals surface area contributed by atoms with E-state index in [2.05, 4.69) is 33.9 Å². The SMILES string of the molecule is CC(C)C(=O)N[C@H]1C(C)(C)[C@@H]2C[C@@H]3[C@@H](CCNS(=O)(=O)c4ccc5[nH]c(=O)[nH]c(=O)c5c4)OCCC31C2. The van der Waals surface area contributed by atoms with Gasteiger partial charge in [-0.15, -0.1) is 0 Å². The van der Waals surface area contributed by atoms with E-state index >= 15 is 0 Å². The largest absolute Gasteiger partial charge is 0.378 e. The minimum Gasteiger partial charge on any atom is -0.378 e. The highest BCUT2D eigenvalue weighted by atomic mass is 32.2. The molecular weight excluding hydrogens is 496 g/mol. The first-order valence-electron chi connectivity index (χ1n) is 13.0. The van der Waals surface area contributed by atoms with Crippen molar-refractivity contribution in [2.24, 2.45) is 28.6 Å². The number of aromatic amines is 2. The van der Waals surface area contributed by atoms with E-state index in [1.165, 1.54) is 18.2 Å². The van der Waals surface area contributed by atoms with Crippen molar-refractivity contribution >= 4 is 26.8 Å². The lowest BCUT2D eigenvalue weighted by molar-refractivity contribution is -0.138. The molecule has 1 spiro atoms. The van der Waals surface area contributed by atoms with Crippen LogP contribution in [0.3, 0.4) is 0 Å². The standard InChI is InChI=1S/C26H36N4O6S/c1-14(2)21(31)29-23-25(3,4)15-11-18-20(36-10-8-26(18,23)13-15)7-9-27-37(34,35)16-5-6-19-17(12-16)22(32)30-24(33)28-19/h5-6,12,14-15,18,20,23,27H,7-11,13H2,1-4H3,(H,29,31)(H2,28,30,32,33)/t15-,18-,20-,23+,26?/m1/s1. The van der Waals surface area contributed by atoms with Crippen LogP contribution < -0.4 is 21.3 Å². The van der Waals surface area contributed by atoms with E-state index in [0.717, 1.165) is 19.3 Å². The summed E-state index contributed by atoms with van der Waals surface area (Å²) in [6.45, 7) is 9.13. The fourth-order valence-electron chi connectivity index (χ4n) is 7.23. The van der Waals surface area contributed by atoms with Gasteiger partial charge in [0.25, 0.3) is 5.56 Å². The van der Waals surface area contributed by atoms with Gasteiger partial charge in [0.2, 0.25) is 15.9 Å². The zero-order valence-electron chi connectivity index (χ0n) is 21.7. The first-order valence-corrected chi connectivity index (χ1v) is 14.5. The number of hydrogen-bond acceptors (Lipinski definition) is 6. The van der Waals surface area contributed by atoms with Crippen LogP contribution >= 0.6 is 0 Å². The lowest BCUT2D eigenvalue weighted by Crippen LogP contribution is -2.60. The second-order valence-corrected chi connectivity index (χ2v) is 13.6. The number of carbonyl (C=O) groups is 1. The zero-order chi connectivity index (χ0) is 26.8. The maximum Gasteiger partial charge on any atom is 0.326 e. The Morgan fingerprint density at radius 2 is 1.97 bits per heavy atom. The van der Waals surface area contributed by atoms with Crippen LogP contribution in [0.15, 0.2) is 32.7 Å². The molecule has 4 N–H and O–H groups in total. The Morgan fingerprint density at radius 3 is 2.70 bits per heavy atom. The number of ether oxygens (including phenoxy) is 1. The molecule has 5 rings (SSSR count). The minimum atomic E-state index is -3.88. The Labute approximate surface area is 216 Å². The molecule has 2 aromatic rings. The number of sulfonamides is 1. The van der Waals surface area contributed by atoms with E-state index in [9.17, 15) is 22.8 Å². The van der Waals surface area contributed by atoms with Crippen LogP contribution in [-0.4, -0.2) is 49.6 Å². The van der Waals surface area contributed by atoms with Gasteiger partial charge in [-0.1, -0.05) is 27.7 Å². The number of rotatable bonds is 7. The van der Waals surface area contributed by atoms with E-state index in [0.29, 0.717) is 18.9 Å². The molecule has 5 atom stereocenters. The number of H-pyrrole nitrogens is 2. The Balaban J connectivity index is 1.30. The highest BCUT2D eigenvalue weighted by Crippen LogP contribution is 2.68. The van der Waals surface area contributed by atoms with Gasteiger partial charge < -0.3 is 15.0 Å². The molecule has 1 saturated heterocycles. The molecule has 202 valence electrons. The van der Waals surface area contributed by atoms with E-state index < -0.39 is 21.3 Å². The van der Waals surface area contributed by atoms with Crippen molar-refractivity contribution in [2.75, 3.05) is 13.2 Å². The summed E-state index contributed by atoms with van der Waals surface area (Å²) in [4.78, 5) is 40.8. The van der Waals surface area contributed by atoms with Gasteiger partial charge >= 0.3 is 5.69 Å². The second kappa shape index (κ2) is 9.06. The molecule has 2 bridgehead atoms. The number of nitrogens with one attached hydrogen (secondary N) is 4. The summed E-state index contributed by atoms with van der Waals surface area (Å²) in [5, 5.41) is 3.48. The van der Waals surface area contributed by atoms with Crippen LogP contribution in [0.1, 0.15) is 53.4 Å². The van der Waals surface area contributed by atoms with Crippen molar-refractivity contribution in [3.63, 3.8) is 0 Å². The predicted octanol–water partition coefficient (Wildman–Crippen LogP) is 1.87. The van der Waals surface area contributed by atoms with Crippen LogP contribution in [0.2, 0.25) is 0 Å². The molecule has 3 fully saturated rings. The van der Waals surface area contributed by atoms with Crippen LogP contribution in [0.4, 0.5) is 0 Å². The molecule has 2 saturated carbocycles. The average Bonchev–Trinajstić information content (AvgIpc) is 3.31. The van der Waals surface area contributed by atoms with Crippen molar-refractivity contribution in [1.29, 1.82) is 0 Å². The summed E-state index contributed by atoms with van der Waals surface area (Å²) < 4.78 is 34.8.